The van der Waals surface area contributed by atoms with E-state index >= 15 is 0 Å². The normalized spacial score (nSPS) is 27.6. The van der Waals surface area contributed by atoms with Crippen LogP contribution < -0.4 is 5.32 Å². The maximum absolute atomic E-state index is 3.60. The van der Waals surface area contributed by atoms with Crippen LogP contribution in [0.5, 0.6) is 0 Å². The Bertz CT molecular complexity index is 289. The predicted octanol–water partition coefficient (Wildman–Crippen LogP) is 3.06. The van der Waals surface area contributed by atoms with Crippen LogP contribution >= 0.6 is 0 Å². The molecule has 0 saturated carbocycles. The molecular formula is C13H19N. The average molecular weight is 189 g/mol. The number of piperidine rings is 1. The maximum Gasteiger partial charge on any atom is 0.0346 e. The zero-order valence-corrected chi connectivity index (χ0v) is 9.09. The van der Waals surface area contributed by atoms with Crippen molar-refractivity contribution in [2.24, 2.45) is 5.92 Å². The number of nitrogens with one attached hydrogen (secondary N) is 1. The SMILES string of the molecule is Cc1ccc(C2NCCCC2C)cc1. The molecular weight excluding hydrogens is 170 g/mol. The summed E-state index contributed by atoms with van der Waals surface area (Å²) < 4.78 is 0. The fraction of sp³-hybridized carbons (Fsp3) is 0.538. The quantitative estimate of drug-likeness (QED) is 0.716. The molecule has 1 heteroatoms. The van der Waals surface area contributed by atoms with Gasteiger partial charge in [0, 0.05) is 6.04 Å². The standard InChI is InChI=1S/C13H19N/c1-10-5-7-12(8-6-10)13-11(2)4-3-9-14-13/h5-8,11,13-14H,3-4,9H2,1-2H3. The van der Waals surface area contributed by atoms with Gasteiger partial charge in [-0.25, -0.2) is 0 Å². The van der Waals surface area contributed by atoms with Gasteiger partial charge in [-0.05, 0) is 37.8 Å². The Morgan fingerprint density at radius 2 is 1.93 bits per heavy atom. The summed E-state index contributed by atoms with van der Waals surface area (Å²) in [5.41, 5.74) is 2.79. The Morgan fingerprint density at radius 1 is 1.21 bits per heavy atom. The van der Waals surface area contributed by atoms with E-state index in [2.05, 4.69) is 43.4 Å². The zero-order chi connectivity index (χ0) is 9.97. The molecule has 1 saturated heterocycles. The third-order valence-electron chi connectivity index (χ3n) is 3.21. The highest BCUT2D eigenvalue weighted by molar-refractivity contribution is 5.24. The second kappa shape index (κ2) is 4.14. The average Bonchev–Trinajstić information content (AvgIpc) is 2.20. The highest BCUT2D eigenvalue weighted by atomic mass is 14.9. The van der Waals surface area contributed by atoms with E-state index in [-0.39, 0.29) is 0 Å². The second-order valence-corrected chi connectivity index (χ2v) is 4.46. The molecule has 0 radical (unpaired) electrons. The lowest BCUT2D eigenvalue weighted by atomic mass is 9.87. The van der Waals surface area contributed by atoms with E-state index in [0.717, 1.165) is 5.92 Å². The molecule has 0 bridgehead atoms. The number of hydrogen-bond acceptors (Lipinski definition) is 1. The first kappa shape index (κ1) is 9.72. The first-order valence-corrected chi connectivity index (χ1v) is 5.57. The molecule has 2 unspecified atom stereocenters. The van der Waals surface area contributed by atoms with E-state index in [1.807, 2.05) is 0 Å². The topological polar surface area (TPSA) is 12.0 Å². The van der Waals surface area contributed by atoms with Gasteiger partial charge in [-0.3, -0.25) is 0 Å². The lowest BCUT2D eigenvalue weighted by Gasteiger charge is -2.30. The molecule has 2 atom stereocenters. The van der Waals surface area contributed by atoms with Crippen molar-refractivity contribution in [2.45, 2.75) is 32.7 Å². The molecule has 1 N–H and O–H groups in total. The van der Waals surface area contributed by atoms with Gasteiger partial charge in [-0.1, -0.05) is 36.8 Å². The molecule has 0 aliphatic carbocycles. The van der Waals surface area contributed by atoms with Crippen molar-refractivity contribution in [2.75, 3.05) is 6.54 Å². The van der Waals surface area contributed by atoms with Crippen molar-refractivity contribution < 1.29 is 0 Å². The largest absolute Gasteiger partial charge is 0.310 e. The lowest BCUT2D eigenvalue weighted by molar-refractivity contribution is 0.306. The smallest absolute Gasteiger partial charge is 0.0346 e. The molecule has 1 aromatic rings. The molecule has 1 nitrogen and oxygen atoms in total. The van der Waals surface area contributed by atoms with Gasteiger partial charge in [-0.15, -0.1) is 0 Å². The fourth-order valence-corrected chi connectivity index (χ4v) is 2.27. The van der Waals surface area contributed by atoms with Crippen molar-refractivity contribution in [1.82, 2.24) is 5.32 Å². The highest BCUT2D eigenvalue weighted by Crippen LogP contribution is 2.28. The van der Waals surface area contributed by atoms with Gasteiger partial charge < -0.3 is 5.32 Å². The third kappa shape index (κ3) is 1.98. The van der Waals surface area contributed by atoms with Crippen LogP contribution in [0.2, 0.25) is 0 Å². The van der Waals surface area contributed by atoms with Gasteiger partial charge in [-0.2, -0.15) is 0 Å². The minimum Gasteiger partial charge on any atom is -0.310 e. The predicted molar refractivity (Wildman–Crippen MR) is 60.3 cm³/mol. The molecule has 1 fully saturated rings. The van der Waals surface area contributed by atoms with E-state index in [1.54, 1.807) is 0 Å². The van der Waals surface area contributed by atoms with Crippen molar-refractivity contribution in [3.05, 3.63) is 35.4 Å². The number of rotatable bonds is 1. The first-order valence-electron chi connectivity index (χ1n) is 5.57. The summed E-state index contributed by atoms with van der Waals surface area (Å²) in [6.07, 6.45) is 2.68. The van der Waals surface area contributed by atoms with Crippen LogP contribution in [-0.4, -0.2) is 6.54 Å². The molecule has 0 spiro atoms. The van der Waals surface area contributed by atoms with E-state index < -0.39 is 0 Å². The van der Waals surface area contributed by atoms with Crippen LogP contribution in [0.15, 0.2) is 24.3 Å². The number of hydrogen-bond donors (Lipinski definition) is 1. The van der Waals surface area contributed by atoms with Gasteiger partial charge in [0.15, 0.2) is 0 Å². The lowest BCUT2D eigenvalue weighted by Crippen LogP contribution is -2.32. The van der Waals surface area contributed by atoms with Crippen LogP contribution in [0.25, 0.3) is 0 Å². The van der Waals surface area contributed by atoms with Crippen LogP contribution in [-0.2, 0) is 0 Å². The minimum atomic E-state index is 0.573. The van der Waals surface area contributed by atoms with E-state index in [0.29, 0.717) is 6.04 Å². The molecule has 76 valence electrons. The van der Waals surface area contributed by atoms with Crippen LogP contribution in [0.1, 0.15) is 36.9 Å². The molecule has 0 aromatic heterocycles. The van der Waals surface area contributed by atoms with Gasteiger partial charge in [0.2, 0.25) is 0 Å². The summed E-state index contributed by atoms with van der Waals surface area (Å²) in [5, 5.41) is 3.60. The Labute approximate surface area is 86.5 Å². The summed E-state index contributed by atoms with van der Waals surface area (Å²) in [6.45, 7) is 5.65. The van der Waals surface area contributed by atoms with Gasteiger partial charge >= 0.3 is 0 Å². The van der Waals surface area contributed by atoms with E-state index in [4.69, 9.17) is 0 Å². The molecule has 1 aliphatic heterocycles. The van der Waals surface area contributed by atoms with Crippen LogP contribution in [0, 0.1) is 12.8 Å². The van der Waals surface area contributed by atoms with Gasteiger partial charge in [0.05, 0.1) is 0 Å². The van der Waals surface area contributed by atoms with Crippen LogP contribution in [0.4, 0.5) is 0 Å². The molecule has 14 heavy (non-hydrogen) atoms. The Balaban J connectivity index is 2.16. The molecule has 1 aliphatic rings. The minimum absolute atomic E-state index is 0.573. The Kier molecular flexibility index (Phi) is 2.87. The number of aryl methyl sites for hydroxylation is 1. The van der Waals surface area contributed by atoms with Crippen molar-refractivity contribution in [3.8, 4) is 0 Å². The van der Waals surface area contributed by atoms with Crippen molar-refractivity contribution in [3.63, 3.8) is 0 Å². The Morgan fingerprint density at radius 3 is 2.57 bits per heavy atom. The number of benzene rings is 1. The maximum atomic E-state index is 3.60. The van der Waals surface area contributed by atoms with E-state index in [9.17, 15) is 0 Å². The first-order chi connectivity index (χ1) is 6.77. The fourth-order valence-electron chi connectivity index (χ4n) is 2.27. The monoisotopic (exact) mass is 189 g/mol. The molecule has 1 heterocycles. The summed E-state index contributed by atoms with van der Waals surface area (Å²) in [4.78, 5) is 0. The van der Waals surface area contributed by atoms with E-state index in [1.165, 1.54) is 30.5 Å². The van der Waals surface area contributed by atoms with Crippen molar-refractivity contribution in [1.29, 1.82) is 0 Å². The summed E-state index contributed by atoms with van der Waals surface area (Å²) in [6, 6.07) is 9.50. The van der Waals surface area contributed by atoms with Crippen molar-refractivity contribution >= 4 is 0 Å². The molecule has 1 aromatic carbocycles. The summed E-state index contributed by atoms with van der Waals surface area (Å²) in [5.74, 6) is 0.770. The molecule has 0 amide bonds. The molecule has 2 rings (SSSR count). The Hall–Kier alpha value is -0.820. The summed E-state index contributed by atoms with van der Waals surface area (Å²) in [7, 11) is 0. The second-order valence-electron chi connectivity index (χ2n) is 4.46. The van der Waals surface area contributed by atoms with Gasteiger partial charge in [0.25, 0.3) is 0 Å². The summed E-state index contributed by atoms with van der Waals surface area (Å²) >= 11 is 0. The third-order valence-corrected chi connectivity index (χ3v) is 3.21. The van der Waals surface area contributed by atoms with Crippen LogP contribution in [0.3, 0.4) is 0 Å². The zero-order valence-electron chi connectivity index (χ0n) is 9.09. The van der Waals surface area contributed by atoms with Gasteiger partial charge in [0.1, 0.15) is 0 Å². The highest BCUT2D eigenvalue weighted by Gasteiger charge is 2.21.